The van der Waals surface area contributed by atoms with Crippen molar-refractivity contribution in [3.63, 3.8) is 0 Å². The maximum atomic E-state index is 12.5. The van der Waals surface area contributed by atoms with Gasteiger partial charge in [-0.2, -0.15) is 0 Å². The molecule has 0 saturated carbocycles. The summed E-state index contributed by atoms with van der Waals surface area (Å²) < 4.78 is 5.83. The molecule has 1 aliphatic rings. The average Bonchev–Trinajstić information content (AvgIpc) is 3.16. The van der Waals surface area contributed by atoms with Crippen LogP contribution in [0.25, 0.3) is 22.1 Å². The van der Waals surface area contributed by atoms with Gasteiger partial charge in [0, 0.05) is 18.5 Å². The lowest BCUT2D eigenvalue weighted by atomic mass is 9.98. The third-order valence-corrected chi connectivity index (χ3v) is 5.28. The van der Waals surface area contributed by atoms with E-state index in [1.165, 1.54) is 0 Å². The fourth-order valence-corrected chi connectivity index (χ4v) is 3.57. The van der Waals surface area contributed by atoms with E-state index in [2.05, 4.69) is 22.8 Å². The Kier molecular flexibility index (Phi) is 5.23. The summed E-state index contributed by atoms with van der Waals surface area (Å²) in [5.74, 6) is 0.774. The summed E-state index contributed by atoms with van der Waals surface area (Å²) in [6, 6.07) is 16.0. The highest BCUT2D eigenvalue weighted by atomic mass is 16.3. The van der Waals surface area contributed by atoms with E-state index in [-0.39, 0.29) is 5.91 Å². The van der Waals surface area contributed by atoms with Gasteiger partial charge < -0.3 is 20.8 Å². The summed E-state index contributed by atoms with van der Waals surface area (Å²) in [5.41, 5.74) is 9.64. The zero-order valence-corrected chi connectivity index (χ0v) is 15.3. The van der Waals surface area contributed by atoms with Gasteiger partial charge in [0.15, 0.2) is 5.76 Å². The molecule has 0 bridgehead atoms. The van der Waals surface area contributed by atoms with E-state index in [1.807, 2.05) is 36.4 Å². The monoisotopic (exact) mass is 363 g/mol. The van der Waals surface area contributed by atoms with Gasteiger partial charge in [-0.3, -0.25) is 4.79 Å². The molecule has 27 heavy (non-hydrogen) atoms. The van der Waals surface area contributed by atoms with Crippen molar-refractivity contribution in [3.05, 3.63) is 59.9 Å². The van der Waals surface area contributed by atoms with Gasteiger partial charge in [-0.1, -0.05) is 36.4 Å². The number of hydrogen-bond donors (Lipinski definition) is 3. The van der Waals surface area contributed by atoms with Crippen molar-refractivity contribution >= 4 is 16.9 Å². The zero-order valence-electron chi connectivity index (χ0n) is 15.3. The number of hydrogen-bond acceptors (Lipinski definition) is 4. The molecule has 4 N–H and O–H groups in total. The minimum absolute atomic E-state index is 0.140. The van der Waals surface area contributed by atoms with Gasteiger partial charge in [-0.05, 0) is 60.7 Å². The van der Waals surface area contributed by atoms with Crippen LogP contribution in [0.5, 0.6) is 0 Å². The van der Waals surface area contributed by atoms with Crippen LogP contribution in [-0.2, 0) is 6.54 Å². The van der Waals surface area contributed by atoms with Gasteiger partial charge in [0.2, 0.25) is 0 Å². The number of furan rings is 1. The van der Waals surface area contributed by atoms with Gasteiger partial charge >= 0.3 is 0 Å². The van der Waals surface area contributed by atoms with Crippen molar-refractivity contribution in [3.8, 4) is 11.1 Å². The van der Waals surface area contributed by atoms with Crippen LogP contribution >= 0.6 is 0 Å². The van der Waals surface area contributed by atoms with E-state index in [1.54, 1.807) is 0 Å². The Hall–Kier alpha value is -2.63. The minimum atomic E-state index is -0.140. The average molecular weight is 363 g/mol. The number of nitrogens with two attached hydrogens (primary N) is 1. The molecular weight excluding hydrogens is 338 g/mol. The number of benzene rings is 2. The summed E-state index contributed by atoms with van der Waals surface area (Å²) in [4.78, 5) is 12.5. The molecule has 2 aromatic carbocycles. The largest absolute Gasteiger partial charge is 0.451 e. The summed E-state index contributed by atoms with van der Waals surface area (Å²) in [5, 5.41) is 7.29. The van der Waals surface area contributed by atoms with E-state index < -0.39 is 0 Å². The molecule has 0 radical (unpaired) electrons. The summed E-state index contributed by atoms with van der Waals surface area (Å²) in [6.07, 6.45) is 2.21. The van der Waals surface area contributed by atoms with Crippen LogP contribution in [-0.4, -0.2) is 25.5 Å². The standard InChI is InChI=1S/C22H25N3O2/c23-13-15-1-3-17(4-2-15)18-5-6-19-12-21(27-20(19)11-18)22(26)25-14-16-7-9-24-10-8-16/h1-6,11-12,16,24H,7-10,13-14,23H2,(H,25,26). The van der Waals surface area contributed by atoms with Crippen molar-refractivity contribution < 1.29 is 9.21 Å². The van der Waals surface area contributed by atoms with Gasteiger partial charge in [0.1, 0.15) is 5.58 Å². The van der Waals surface area contributed by atoms with Gasteiger partial charge in [-0.25, -0.2) is 0 Å². The van der Waals surface area contributed by atoms with Crippen molar-refractivity contribution in [1.82, 2.24) is 10.6 Å². The predicted octanol–water partition coefficient (Wildman–Crippen LogP) is 3.29. The van der Waals surface area contributed by atoms with E-state index in [4.69, 9.17) is 10.2 Å². The van der Waals surface area contributed by atoms with Crippen LogP contribution in [0.1, 0.15) is 29.0 Å². The lowest BCUT2D eigenvalue weighted by molar-refractivity contribution is 0.0918. The molecule has 0 aliphatic carbocycles. The van der Waals surface area contributed by atoms with Crippen molar-refractivity contribution in [2.75, 3.05) is 19.6 Å². The Bertz CT molecular complexity index is 924. The van der Waals surface area contributed by atoms with Gasteiger partial charge in [0.25, 0.3) is 5.91 Å². The van der Waals surface area contributed by atoms with Crippen molar-refractivity contribution in [2.24, 2.45) is 11.7 Å². The molecule has 140 valence electrons. The smallest absolute Gasteiger partial charge is 0.287 e. The molecular formula is C22H25N3O2. The van der Waals surface area contributed by atoms with E-state index >= 15 is 0 Å². The number of carbonyl (C=O) groups excluding carboxylic acids is 1. The van der Waals surface area contributed by atoms with Gasteiger partial charge in [-0.15, -0.1) is 0 Å². The molecule has 1 aliphatic heterocycles. The van der Waals surface area contributed by atoms with Crippen LogP contribution in [0.3, 0.4) is 0 Å². The first kappa shape index (κ1) is 17.8. The van der Waals surface area contributed by atoms with Gasteiger partial charge in [0.05, 0.1) is 0 Å². The van der Waals surface area contributed by atoms with Crippen LogP contribution < -0.4 is 16.4 Å². The Balaban J connectivity index is 1.48. The summed E-state index contributed by atoms with van der Waals surface area (Å²) >= 11 is 0. The molecule has 5 heteroatoms. The molecule has 1 fully saturated rings. The molecule has 4 rings (SSSR count). The number of amides is 1. The predicted molar refractivity (Wildman–Crippen MR) is 107 cm³/mol. The molecule has 0 spiro atoms. The zero-order chi connectivity index (χ0) is 18.6. The van der Waals surface area contributed by atoms with E-state index in [0.29, 0.717) is 24.8 Å². The highest BCUT2D eigenvalue weighted by molar-refractivity contribution is 5.96. The lowest BCUT2D eigenvalue weighted by Gasteiger charge is -2.22. The number of piperidine rings is 1. The molecule has 5 nitrogen and oxygen atoms in total. The Labute approximate surface area is 158 Å². The normalized spacial score (nSPS) is 15.1. The second-order valence-corrected chi connectivity index (χ2v) is 7.17. The van der Waals surface area contributed by atoms with Crippen LogP contribution in [0.15, 0.2) is 52.9 Å². The number of fused-ring (bicyclic) bond motifs is 1. The summed E-state index contributed by atoms with van der Waals surface area (Å²) in [6.45, 7) is 3.30. The highest BCUT2D eigenvalue weighted by Gasteiger charge is 2.17. The number of nitrogens with one attached hydrogen (secondary N) is 2. The number of rotatable bonds is 5. The molecule has 1 aromatic heterocycles. The van der Waals surface area contributed by atoms with Crippen molar-refractivity contribution in [1.29, 1.82) is 0 Å². The van der Waals surface area contributed by atoms with E-state index in [0.717, 1.165) is 53.6 Å². The van der Waals surface area contributed by atoms with E-state index in [9.17, 15) is 4.79 Å². The Morgan fingerprint density at radius 1 is 1.07 bits per heavy atom. The molecule has 1 amide bonds. The molecule has 3 aromatic rings. The first-order chi connectivity index (χ1) is 13.2. The molecule has 0 unspecified atom stereocenters. The van der Waals surface area contributed by atoms with Crippen LogP contribution in [0, 0.1) is 5.92 Å². The first-order valence-electron chi connectivity index (χ1n) is 9.55. The molecule has 2 heterocycles. The summed E-state index contributed by atoms with van der Waals surface area (Å²) in [7, 11) is 0. The lowest BCUT2D eigenvalue weighted by Crippen LogP contribution is -2.35. The fraction of sp³-hybridized carbons (Fsp3) is 0.318. The number of carbonyl (C=O) groups is 1. The first-order valence-corrected chi connectivity index (χ1v) is 9.55. The maximum absolute atomic E-state index is 12.5. The highest BCUT2D eigenvalue weighted by Crippen LogP contribution is 2.27. The minimum Gasteiger partial charge on any atom is -0.451 e. The molecule has 1 saturated heterocycles. The van der Waals surface area contributed by atoms with Crippen molar-refractivity contribution in [2.45, 2.75) is 19.4 Å². The topological polar surface area (TPSA) is 80.3 Å². The fourth-order valence-electron chi connectivity index (χ4n) is 3.57. The molecule has 0 atom stereocenters. The Morgan fingerprint density at radius 3 is 2.56 bits per heavy atom. The second-order valence-electron chi connectivity index (χ2n) is 7.17. The van der Waals surface area contributed by atoms with Crippen LogP contribution in [0.4, 0.5) is 0 Å². The second kappa shape index (κ2) is 7.94. The quantitative estimate of drug-likeness (QED) is 0.650. The Morgan fingerprint density at radius 2 is 1.81 bits per heavy atom. The van der Waals surface area contributed by atoms with Crippen LogP contribution in [0.2, 0.25) is 0 Å². The third-order valence-electron chi connectivity index (χ3n) is 5.28. The third kappa shape index (κ3) is 4.04. The maximum Gasteiger partial charge on any atom is 0.287 e. The SMILES string of the molecule is NCc1ccc(-c2ccc3cc(C(=O)NCC4CCNCC4)oc3c2)cc1.